The van der Waals surface area contributed by atoms with Crippen LogP contribution in [0.4, 0.5) is 0 Å². The number of hydrogen-bond donors (Lipinski definition) is 2. The molecule has 2 nitrogen and oxygen atoms in total. The lowest BCUT2D eigenvalue weighted by Gasteiger charge is -2.55. The summed E-state index contributed by atoms with van der Waals surface area (Å²) in [5.41, 5.74) is 6.87. The van der Waals surface area contributed by atoms with Gasteiger partial charge in [-0.25, -0.2) is 0 Å². The maximum absolute atomic E-state index is 3.85. The Kier molecular flexibility index (Phi) is 7.06. The molecule has 1 saturated carbocycles. The van der Waals surface area contributed by atoms with Crippen LogP contribution in [-0.2, 0) is 18.4 Å². The molecule has 2 heteroatoms. The smallest absolute Gasteiger partial charge is 0.0212 e. The third-order valence-corrected chi connectivity index (χ3v) is 9.37. The number of aryl methyl sites for hydroxylation is 1. The van der Waals surface area contributed by atoms with Crippen molar-refractivity contribution in [1.29, 1.82) is 0 Å². The molecule has 3 aromatic rings. The Labute approximate surface area is 212 Å². The van der Waals surface area contributed by atoms with Gasteiger partial charge >= 0.3 is 0 Å². The Morgan fingerprint density at radius 3 is 2.57 bits per heavy atom. The largest absolute Gasteiger partial charge is 0.315 e. The van der Waals surface area contributed by atoms with E-state index in [0.717, 1.165) is 32.1 Å². The molecular formula is C33H44N2. The minimum Gasteiger partial charge on any atom is -0.315 e. The predicted octanol–water partition coefficient (Wildman–Crippen LogP) is 7.35. The highest BCUT2D eigenvalue weighted by atomic mass is 14.9. The zero-order valence-electron chi connectivity index (χ0n) is 22.3. The van der Waals surface area contributed by atoms with Crippen molar-refractivity contribution in [2.75, 3.05) is 19.6 Å². The van der Waals surface area contributed by atoms with Crippen LogP contribution in [0.2, 0.25) is 0 Å². The third-order valence-electron chi connectivity index (χ3n) is 9.37. The van der Waals surface area contributed by atoms with Crippen LogP contribution in [0.5, 0.6) is 0 Å². The van der Waals surface area contributed by atoms with E-state index in [9.17, 15) is 0 Å². The van der Waals surface area contributed by atoms with Crippen LogP contribution in [0.3, 0.4) is 0 Å². The quantitative estimate of drug-likeness (QED) is 0.338. The van der Waals surface area contributed by atoms with Crippen LogP contribution in [0.25, 0.3) is 10.8 Å². The average Bonchev–Trinajstić information content (AvgIpc) is 2.85. The first-order chi connectivity index (χ1) is 16.9. The molecule has 0 heterocycles. The van der Waals surface area contributed by atoms with Gasteiger partial charge in [0.25, 0.3) is 0 Å². The van der Waals surface area contributed by atoms with Gasteiger partial charge in [-0.3, -0.25) is 0 Å². The molecule has 0 bridgehead atoms. The molecule has 3 aromatic carbocycles. The number of fused-ring (bicyclic) bond motifs is 4. The first kappa shape index (κ1) is 24.5. The van der Waals surface area contributed by atoms with E-state index in [1.165, 1.54) is 54.0 Å². The lowest BCUT2D eigenvalue weighted by Crippen LogP contribution is -2.53. The van der Waals surface area contributed by atoms with E-state index in [4.69, 9.17) is 0 Å². The first-order valence-electron chi connectivity index (χ1n) is 13.9. The fraction of sp³-hybridized carbons (Fsp3) is 0.515. The van der Waals surface area contributed by atoms with Crippen LogP contribution in [-0.4, -0.2) is 19.6 Å². The molecule has 0 radical (unpaired) electrons. The summed E-state index contributed by atoms with van der Waals surface area (Å²) in [4.78, 5) is 0. The normalized spacial score (nSPS) is 26.0. The second-order valence-corrected chi connectivity index (χ2v) is 12.1. The molecular weight excluding hydrogens is 424 g/mol. The van der Waals surface area contributed by atoms with E-state index in [0.29, 0.717) is 16.7 Å². The van der Waals surface area contributed by atoms with E-state index in [1.54, 1.807) is 11.1 Å². The molecule has 0 spiro atoms. The van der Waals surface area contributed by atoms with Crippen molar-refractivity contribution in [2.45, 2.75) is 77.7 Å². The number of rotatable bonds is 8. The summed E-state index contributed by atoms with van der Waals surface area (Å²) >= 11 is 0. The van der Waals surface area contributed by atoms with Crippen molar-refractivity contribution >= 4 is 10.8 Å². The van der Waals surface area contributed by atoms with Crippen LogP contribution < -0.4 is 10.6 Å². The molecule has 2 N–H and O–H groups in total. The number of hydrogen-bond acceptors (Lipinski definition) is 2. The van der Waals surface area contributed by atoms with Crippen LogP contribution in [0.1, 0.15) is 81.5 Å². The van der Waals surface area contributed by atoms with Crippen molar-refractivity contribution in [3.63, 3.8) is 0 Å². The monoisotopic (exact) mass is 468 g/mol. The molecule has 0 unspecified atom stereocenters. The molecule has 0 amide bonds. The summed E-state index contributed by atoms with van der Waals surface area (Å²) in [6.45, 7) is 13.9. The molecule has 0 saturated heterocycles. The second kappa shape index (κ2) is 10.1. The van der Waals surface area contributed by atoms with Gasteiger partial charge in [0, 0.05) is 26.2 Å². The van der Waals surface area contributed by atoms with Gasteiger partial charge in [0.1, 0.15) is 0 Å². The lowest BCUT2D eigenvalue weighted by molar-refractivity contribution is 0.0261. The van der Waals surface area contributed by atoms with E-state index >= 15 is 0 Å². The number of nitrogens with one attached hydrogen (secondary N) is 2. The Morgan fingerprint density at radius 2 is 1.71 bits per heavy atom. The summed E-state index contributed by atoms with van der Waals surface area (Å²) in [6, 6.07) is 22.7. The van der Waals surface area contributed by atoms with Gasteiger partial charge in [0.05, 0.1) is 0 Å². The molecule has 3 atom stereocenters. The standard InChI is InChI=1S/C33H44N2/c1-24(2)26-13-15-30-27(21-26)14-16-31-32(3,17-8-18-33(30,31)4)23-35-20-19-34-22-28-11-7-10-25-9-5-6-12-29(25)28/h5-7,9-13,15,21,24,31,34-35H,8,14,16-20,22-23H2,1-4H3/t31-,32-,33+/m0/s1. The Balaban J connectivity index is 1.18. The van der Waals surface area contributed by atoms with Crippen molar-refractivity contribution in [3.05, 3.63) is 82.9 Å². The summed E-state index contributed by atoms with van der Waals surface area (Å²) in [5.74, 6) is 1.37. The minimum atomic E-state index is 0.324. The SMILES string of the molecule is CC(C)c1ccc2c(c1)CC[C@H]1[C@](C)(CNCCNCc3cccc4ccccc34)CCC[C@]21C. The van der Waals surface area contributed by atoms with Crippen molar-refractivity contribution in [3.8, 4) is 0 Å². The Bertz CT molecular complexity index is 1160. The highest BCUT2D eigenvalue weighted by Gasteiger charge is 2.51. The maximum Gasteiger partial charge on any atom is 0.0212 e. The number of benzene rings is 3. The van der Waals surface area contributed by atoms with Crippen LogP contribution >= 0.6 is 0 Å². The van der Waals surface area contributed by atoms with Gasteiger partial charge in [-0.1, -0.05) is 94.8 Å². The molecule has 2 aliphatic rings. The van der Waals surface area contributed by atoms with E-state index in [2.05, 4.69) is 99.0 Å². The third kappa shape index (κ3) is 4.80. The molecule has 2 aliphatic carbocycles. The zero-order valence-corrected chi connectivity index (χ0v) is 22.3. The van der Waals surface area contributed by atoms with Crippen molar-refractivity contribution < 1.29 is 0 Å². The fourth-order valence-electron chi connectivity index (χ4n) is 7.44. The molecule has 1 fully saturated rings. The summed E-state index contributed by atoms with van der Waals surface area (Å²) in [7, 11) is 0. The second-order valence-electron chi connectivity index (χ2n) is 12.1. The summed E-state index contributed by atoms with van der Waals surface area (Å²) < 4.78 is 0. The Hall–Kier alpha value is -2.16. The Morgan fingerprint density at radius 1 is 0.914 bits per heavy atom. The molecule has 186 valence electrons. The lowest BCUT2D eigenvalue weighted by atomic mass is 9.49. The van der Waals surface area contributed by atoms with Crippen molar-refractivity contribution in [1.82, 2.24) is 10.6 Å². The highest BCUT2D eigenvalue weighted by Crippen LogP contribution is 2.57. The zero-order chi connectivity index (χ0) is 24.5. The molecule has 0 aliphatic heterocycles. The van der Waals surface area contributed by atoms with Crippen LogP contribution in [0.15, 0.2) is 60.7 Å². The topological polar surface area (TPSA) is 24.1 Å². The van der Waals surface area contributed by atoms with Gasteiger partial charge < -0.3 is 10.6 Å². The highest BCUT2D eigenvalue weighted by molar-refractivity contribution is 5.85. The fourth-order valence-corrected chi connectivity index (χ4v) is 7.44. The summed E-state index contributed by atoms with van der Waals surface area (Å²) in [5, 5.41) is 10.2. The molecule has 35 heavy (non-hydrogen) atoms. The van der Waals surface area contributed by atoms with Crippen LogP contribution in [0, 0.1) is 11.3 Å². The average molecular weight is 469 g/mol. The molecule has 5 rings (SSSR count). The van der Waals surface area contributed by atoms with E-state index in [-0.39, 0.29) is 0 Å². The van der Waals surface area contributed by atoms with Crippen molar-refractivity contribution in [2.24, 2.45) is 11.3 Å². The van der Waals surface area contributed by atoms with Gasteiger partial charge in [-0.15, -0.1) is 0 Å². The van der Waals surface area contributed by atoms with Gasteiger partial charge in [-0.05, 0) is 81.4 Å². The predicted molar refractivity (Wildman–Crippen MR) is 150 cm³/mol. The van der Waals surface area contributed by atoms with Gasteiger partial charge in [0.15, 0.2) is 0 Å². The molecule has 0 aromatic heterocycles. The summed E-state index contributed by atoms with van der Waals surface area (Å²) in [6.07, 6.45) is 6.62. The maximum atomic E-state index is 3.85. The van der Waals surface area contributed by atoms with Gasteiger partial charge in [-0.2, -0.15) is 0 Å². The van der Waals surface area contributed by atoms with E-state index < -0.39 is 0 Å². The van der Waals surface area contributed by atoms with Gasteiger partial charge in [0.2, 0.25) is 0 Å². The van der Waals surface area contributed by atoms with E-state index in [1.807, 2.05) is 0 Å². The minimum absolute atomic E-state index is 0.324. The first-order valence-corrected chi connectivity index (χ1v) is 13.9.